The third-order valence-corrected chi connectivity index (χ3v) is 3.87. The Hall–Kier alpha value is -2.24. The summed E-state index contributed by atoms with van der Waals surface area (Å²) < 4.78 is 16.2. The van der Waals surface area contributed by atoms with Crippen molar-refractivity contribution in [2.24, 2.45) is 0 Å². The van der Waals surface area contributed by atoms with E-state index < -0.39 is 0 Å². The van der Waals surface area contributed by atoms with Gasteiger partial charge in [0.15, 0.2) is 6.61 Å². The maximum absolute atomic E-state index is 6.05. The molecule has 0 aliphatic carbocycles. The topological polar surface area (TPSA) is 57.4 Å². The number of rotatable bonds is 5. The first-order chi connectivity index (χ1) is 11.2. The highest BCUT2D eigenvalue weighted by molar-refractivity contribution is 6.42. The number of halogens is 2. The number of methoxy groups -OCH3 is 1. The molecule has 0 radical (unpaired) electrons. The summed E-state index contributed by atoms with van der Waals surface area (Å²) in [4.78, 5) is 0. The van der Waals surface area contributed by atoms with Crippen LogP contribution in [0.3, 0.4) is 0 Å². The first-order valence-electron chi connectivity index (χ1n) is 6.71. The number of aromatic nitrogens is 2. The van der Waals surface area contributed by atoms with Gasteiger partial charge >= 0.3 is 0 Å². The molecule has 2 aromatic carbocycles. The smallest absolute Gasteiger partial charge is 0.254 e. The second kappa shape index (κ2) is 6.89. The molecule has 0 fully saturated rings. The van der Waals surface area contributed by atoms with Crippen LogP contribution in [0.15, 0.2) is 46.9 Å². The zero-order valence-corrected chi connectivity index (χ0v) is 13.6. The molecular weight excluding hydrogens is 339 g/mol. The van der Waals surface area contributed by atoms with E-state index in [0.29, 0.717) is 27.6 Å². The highest BCUT2D eigenvalue weighted by atomic mass is 35.5. The summed E-state index contributed by atoms with van der Waals surface area (Å²) in [6, 6.07) is 12.5. The zero-order chi connectivity index (χ0) is 16.2. The summed E-state index contributed by atoms with van der Waals surface area (Å²) in [5, 5.41) is 8.73. The largest absolute Gasteiger partial charge is 0.497 e. The van der Waals surface area contributed by atoms with Crippen LogP contribution in [0.25, 0.3) is 11.5 Å². The maximum Gasteiger partial charge on any atom is 0.254 e. The van der Waals surface area contributed by atoms with E-state index in [1.165, 1.54) is 0 Å². The lowest BCUT2D eigenvalue weighted by molar-refractivity contribution is 0.264. The Bertz CT molecular complexity index is 803. The molecule has 118 valence electrons. The van der Waals surface area contributed by atoms with E-state index in [1.54, 1.807) is 25.3 Å². The number of nitrogens with zero attached hydrogens (tertiary/aromatic N) is 2. The fourth-order valence-corrected chi connectivity index (χ4v) is 2.24. The Kier molecular flexibility index (Phi) is 4.69. The van der Waals surface area contributed by atoms with E-state index in [4.69, 9.17) is 37.1 Å². The SMILES string of the molecule is COc1ccc(-c2nnc(COc3cccc(Cl)c3Cl)o2)cc1. The highest BCUT2D eigenvalue weighted by Gasteiger charge is 2.11. The van der Waals surface area contributed by atoms with Crippen molar-refractivity contribution in [1.29, 1.82) is 0 Å². The van der Waals surface area contributed by atoms with Crippen molar-refractivity contribution in [3.05, 3.63) is 58.4 Å². The predicted molar refractivity (Wildman–Crippen MR) is 87.1 cm³/mol. The molecule has 0 saturated carbocycles. The van der Waals surface area contributed by atoms with Gasteiger partial charge in [0, 0.05) is 5.56 Å². The molecule has 3 aromatic rings. The molecule has 0 atom stereocenters. The summed E-state index contributed by atoms with van der Waals surface area (Å²) in [6.45, 7) is 0.100. The minimum absolute atomic E-state index is 0.100. The minimum atomic E-state index is 0.100. The van der Waals surface area contributed by atoms with Crippen LogP contribution in [-0.4, -0.2) is 17.3 Å². The van der Waals surface area contributed by atoms with Crippen molar-refractivity contribution in [3.63, 3.8) is 0 Å². The number of hydrogen-bond donors (Lipinski definition) is 0. The summed E-state index contributed by atoms with van der Waals surface area (Å²) >= 11 is 12.0. The molecule has 7 heteroatoms. The van der Waals surface area contributed by atoms with Crippen LogP contribution in [0.4, 0.5) is 0 Å². The van der Waals surface area contributed by atoms with Crippen molar-refractivity contribution in [2.45, 2.75) is 6.61 Å². The summed E-state index contributed by atoms with van der Waals surface area (Å²) in [6.07, 6.45) is 0. The molecule has 3 rings (SSSR count). The molecule has 1 heterocycles. The Labute approximate surface area is 142 Å². The van der Waals surface area contributed by atoms with Crippen LogP contribution in [0.5, 0.6) is 11.5 Å². The van der Waals surface area contributed by atoms with Crippen LogP contribution in [0, 0.1) is 0 Å². The van der Waals surface area contributed by atoms with Crippen molar-refractivity contribution in [3.8, 4) is 23.0 Å². The molecule has 0 aliphatic heterocycles. The standard InChI is InChI=1S/C16H12Cl2N2O3/c1-21-11-7-5-10(6-8-11)16-20-19-14(23-16)9-22-13-4-2-3-12(17)15(13)18/h2-8H,9H2,1H3. The van der Waals surface area contributed by atoms with Gasteiger partial charge in [0.25, 0.3) is 5.89 Å². The van der Waals surface area contributed by atoms with Crippen molar-refractivity contribution >= 4 is 23.2 Å². The van der Waals surface area contributed by atoms with Gasteiger partial charge in [-0.15, -0.1) is 10.2 Å². The Morgan fingerprint density at radius 1 is 1.04 bits per heavy atom. The lowest BCUT2D eigenvalue weighted by atomic mass is 10.2. The molecule has 0 amide bonds. The molecule has 0 N–H and O–H groups in total. The number of benzene rings is 2. The second-order valence-electron chi connectivity index (χ2n) is 4.57. The highest BCUT2D eigenvalue weighted by Crippen LogP contribution is 2.32. The van der Waals surface area contributed by atoms with Crippen LogP contribution in [0.1, 0.15) is 5.89 Å². The first-order valence-corrected chi connectivity index (χ1v) is 7.46. The van der Waals surface area contributed by atoms with Crippen LogP contribution in [-0.2, 0) is 6.61 Å². The van der Waals surface area contributed by atoms with Gasteiger partial charge in [-0.3, -0.25) is 0 Å². The molecular formula is C16H12Cl2N2O3. The molecule has 5 nitrogen and oxygen atoms in total. The van der Waals surface area contributed by atoms with Gasteiger partial charge in [0.05, 0.1) is 12.1 Å². The molecule has 0 unspecified atom stereocenters. The van der Waals surface area contributed by atoms with Gasteiger partial charge in [-0.1, -0.05) is 29.3 Å². The van der Waals surface area contributed by atoms with E-state index >= 15 is 0 Å². The van der Waals surface area contributed by atoms with Gasteiger partial charge < -0.3 is 13.9 Å². The zero-order valence-electron chi connectivity index (χ0n) is 12.1. The number of ether oxygens (including phenoxy) is 2. The average Bonchev–Trinajstić information content (AvgIpc) is 3.05. The second-order valence-corrected chi connectivity index (χ2v) is 5.36. The average molecular weight is 351 g/mol. The van der Waals surface area contributed by atoms with Gasteiger partial charge in [0.1, 0.15) is 16.5 Å². The van der Waals surface area contributed by atoms with Crippen molar-refractivity contribution in [2.75, 3.05) is 7.11 Å². The molecule has 0 saturated heterocycles. The molecule has 0 bridgehead atoms. The third-order valence-electron chi connectivity index (χ3n) is 3.07. The molecule has 1 aromatic heterocycles. The summed E-state index contributed by atoms with van der Waals surface area (Å²) in [5.74, 6) is 1.96. The predicted octanol–water partition coefficient (Wildman–Crippen LogP) is 4.63. The fraction of sp³-hybridized carbons (Fsp3) is 0.125. The first kappa shape index (κ1) is 15.6. The van der Waals surface area contributed by atoms with Crippen LogP contribution >= 0.6 is 23.2 Å². The quantitative estimate of drug-likeness (QED) is 0.671. The molecule has 23 heavy (non-hydrogen) atoms. The minimum Gasteiger partial charge on any atom is -0.497 e. The van der Waals surface area contributed by atoms with E-state index in [1.807, 2.05) is 24.3 Å². The van der Waals surface area contributed by atoms with E-state index in [-0.39, 0.29) is 6.61 Å². The monoisotopic (exact) mass is 350 g/mol. The molecule has 0 spiro atoms. The third kappa shape index (κ3) is 3.57. The summed E-state index contributed by atoms with van der Waals surface area (Å²) in [7, 11) is 1.61. The maximum atomic E-state index is 6.05. The Balaban J connectivity index is 1.70. The fourth-order valence-electron chi connectivity index (χ4n) is 1.90. The van der Waals surface area contributed by atoms with Gasteiger partial charge in [0.2, 0.25) is 5.89 Å². The van der Waals surface area contributed by atoms with E-state index in [0.717, 1.165) is 11.3 Å². The van der Waals surface area contributed by atoms with Crippen LogP contribution in [0.2, 0.25) is 10.0 Å². The van der Waals surface area contributed by atoms with E-state index in [9.17, 15) is 0 Å². The number of hydrogen-bond acceptors (Lipinski definition) is 5. The van der Waals surface area contributed by atoms with Gasteiger partial charge in [-0.25, -0.2) is 0 Å². The Morgan fingerprint density at radius 2 is 1.83 bits per heavy atom. The van der Waals surface area contributed by atoms with Gasteiger partial charge in [-0.2, -0.15) is 0 Å². The van der Waals surface area contributed by atoms with Crippen molar-refractivity contribution < 1.29 is 13.9 Å². The Morgan fingerprint density at radius 3 is 2.57 bits per heavy atom. The summed E-state index contributed by atoms with van der Waals surface area (Å²) in [5.41, 5.74) is 0.797. The van der Waals surface area contributed by atoms with Gasteiger partial charge in [-0.05, 0) is 36.4 Å². The lowest BCUT2D eigenvalue weighted by Gasteiger charge is -2.06. The normalized spacial score (nSPS) is 10.6. The van der Waals surface area contributed by atoms with Crippen molar-refractivity contribution in [1.82, 2.24) is 10.2 Å². The van der Waals surface area contributed by atoms with Crippen LogP contribution < -0.4 is 9.47 Å². The molecule has 0 aliphatic rings. The lowest BCUT2D eigenvalue weighted by Crippen LogP contribution is -1.96. The van der Waals surface area contributed by atoms with E-state index in [2.05, 4.69) is 10.2 Å².